The summed E-state index contributed by atoms with van der Waals surface area (Å²) in [5.74, 6) is -1.10. The van der Waals surface area contributed by atoms with Gasteiger partial charge in [-0.3, -0.25) is 30.6 Å². The summed E-state index contributed by atoms with van der Waals surface area (Å²) >= 11 is 8.64. The van der Waals surface area contributed by atoms with E-state index in [4.69, 9.17) is 12.2 Å². The molecule has 0 unspecified atom stereocenters. The van der Waals surface area contributed by atoms with Crippen LogP contribution in [0.3, 0.4) is 0 Å². The maximum atomic E-state index is 12.5. The number of anilines is 1. The van der Waals surface area contributed by atoms with Crippen LogP contribution in [-0.4, -0.2) is 22.8 Å². The first-order valence-electron chi connectivity index (χ1n) is 11.1. The van der Waals surface area contributed by atoms with Gasteiger partial charge in [0.2, 0.25) is 0 Å². The number of aryl methyl sites for hydroxylation is 1. The summed E-state index contributed by atoms with van der Waals surface area (Å²) in [6.07, 6.45) is 0. The highest BCUT2D eigenvalue weighted by Gasteiger charge is 2.19. The van der Waals surface area contributed by atoms with Gasteiger partial charge in [-0.15, -0.1) is 0 Å². The fraction of sp³-hybridized carbons (Fsp3) is 0.185. The third-order valence-corrected chi connectivity index (χ3v) is 6.10. The first-order chi connectivity index (χ1) is 16.9. The molecule has 3 aromatic rings. The van der Waals surface area contributed by atoms with Crippen LogP contribution in [0.1, 0.15) is 63.0 Å². The molecular formula is C27H27BrN4O3S. The predicted molar refractivity (Wildman–Crippen MR) is 149 cm³/mol. The Kier molecular flexibility index (Phi) is 8.60. The number of thiocarbonyl (C=S) groups is 1. The molecule has 9 heteroatoms. The number of hydrogen-bond donors (Lipinski definition) is 4. The maximum absolute atomic E-state index is 12.5. The van der Waals surface area contributed by atoms with Crippen LogP contribution in [0.2, 0.25) is 0 Å². The molecule has 0 aliphatic rings. The van der Waals surface area contributed by atoms with Gasteiger partial charge in [-0.25, -0.2) is 0 Å². The molecule has 0 fully saturated rings. The molecule has 3 rings (SSSR count). The molecule has 4 N–H and O–H groups in total. The van der Waals surface area contributed by atoms with E-state index in [1.807, 2.05) is 25.1 Å². The number of amides is 3. The lowest BCUT2D eigenvalue weighted by molar-refractivity contribution is 0.0934. The summed E-state index contributed by atoms with van der Waals surface area (Å²) in [6, 6.07) is 19.0. The largest absolute Gasteiger partial charge is 0.322 e. The number of hydrazine groups is 1. The normalized spacial score (nSPS) is 10.8. The Bertz CT molecular complexity index is 1320. The molecule has 3 aromatic carbocycles. The van der Waals surface area contributed by atoms with Crippen LogP contribution in [0.25, 0.3) is 0 Å². The van der Waals surface area contributed by atoms with E-state index < -0.39 is 11.8 Å². The molecule has 0 radical (unpaired) electrons. The van der Waals surface area contributed by atoms with Crippen molar-refractivity contribution in [1.29, 1.82) is 0 Å². The summed E-state index contributed by atoms with van der Waals surface area (Å²) in [6.45, 7) is 8.18. The van der Waals surface area contributed by atoms with E-state index in [0.717, 1.165) is 15.6 Å². The fourth-order valence-electron chi connectivity index (χ4n) is 3.35. The van der Waals surface area contributed by atoms with Crippen molar-refractivity contribution in [2.45, 2.75) is 33.1 Å². The van der Waals surface area contributed by atoms with Crippen LogP contribution in [-0.2, 0) is 5.41 Å². The second kappa shape index (κ2) is 11.5. The number of nitrogens with one attached hydrogen (secondary N) is 4. The van der Waals surface area contributed by atoms with E-state index >= 15 is 0 Å². The van der Waals surface area contributed by atoms with E-state index in [2.05, 4.69) is 58.2 Å². The molecule has 0 aromatic heterocycles. The van der Waals surface area contributed by atoms with Gasteiger partial charge in [-0.1, -0.05) is 60.5 Å². The summed E-state index contributed by atoms with van der Waals surface area (Å²) in [4.78, 5) is 37.3. The summed E-state index contributed by atoms with van der Waals surface area (Å²) in [5, 5.41) is 5.28. The SMILES string of the molecule is Cc1cccc(C(=O)Nc2ccc(C(=O)NNC(=S)NC(=O)c3ccc(C(C)(C)C)c(Br)c3)cc2)c1. The molecule has 0 aliphatic heterocycles. The van der Waals surface area contributed by atoms with Crippen LogP contribution in [0.4, 0.5) is 5.69 Å². The zero-order chi connectivity index (χ0) is 26.5. The van der Waals surface area contributed by atoms with Gasteiger partial charge in [-0.2, -0.15) is 0 Å². The number of carbonyl (C=O) groups excluding carboxylic acids is 3. The van der Waals surface area contributed by atoms with E-state index in [1.165, 1.54) is 0 Å². The average Bonchev–Trinajstić information content (AvgIpc) is 2.82. The Morgan fingerprint density at radius 3 is 2.03 bits per heavy atom. The Labute approximate surface area is 224 Å². The molecule has 0 aliphatic carbocycles. The van der Waals surface area contributed by atoms with Gasteiger partial charge >= 0.3 is 0 Å². The van der Waals surface area contributed by atoms with Gasteiger partial charge in [0, 0.05) is 26.9 Å². The van der Waals surface area contributed by atoms with Crippen molar-refractivity contribution in [2.75, 3.05) is 5.32 Å². The Hall–Kier alpha value is -3.56. The lowest BCUT2D eigenvalue weighted by atomic mass is 9.86. The standard InChI is InChI=1S/C27H27BrN4O3S/c1-16-6-5-7-18(14-16)23(33)29-20-11-8-17(9-12-20)25(35)31-32-26(36)30-24(34)19-10-13-21(22(28)15-19)27(2,3)4/h5-15H,1-4H3,(H,29,33)(H,31,35)(H2,30,32,34,36). The predicted octanol–water partition coefficient (Wildman–Crippen LogP) is 5.26. The molecule has 186 valence electrons. The molecule has 0 heterocycles. The van der Waals surface area contributed by atoms with Gasteiger partial charge in [-0.05, 0) is 78.7 Å². The molecule has 0 bridgehead atoms. The highest BCUT2D eigenvalue weighted by molar-refractivity contribution is 9.10. The lowest BCUT2D eigenvalue weighted by Crippen LogP contribution is -2.48. The highest BCUT2D eigenvalue weighted by Crippen LogP contribution is 2.30. The number of carbonyl (C=O) groups is 3. The second-order valence-corrected chi connectivity index (χ2v) is 10.5. The molecule has 0 saturated heterocycles. The van der Waals surface area contributed by atoms with Crippen molar-refractivity contribution in [3.8, 4) is 0 Å². The molecule has 0 saturated carbocycles. The topological polar surface area (TPSA) is 99.3 Å². The van der Waals surface area contributed by atoms with Crippen molar-refractivity contribution >= 4 is 56.7 Å². The van der Waals surface area contributed by atoms with E-state index in [9.17, 15) is 14.4 Å². The molecular weight excluding hydrogens is 540 g/mol. The van der Waals surface area contributed by atoms with Gasteiger partial charge in [0.05, 0.1) is 0 Å². The maximum Gasteiger partial charge on any atom is 0.269 e. The van der Waals surface area contributed by atoms with Gasteiger partial charge < -0.3 is 5.32 Å². The molecule has 0 spiro atoms. The van der Waals surface area contributed by atoms with Crippen molar-refractivity contribution < 1.29 is 14.4 Å². The van der Waals surface area contributed by atoms with Crippen molar-refractivity contribution in [2.24, 2.45) is 0 Å². The van der Waals surface area contributed by atoms with Gasteiger partial charge in [0.15, 0.2) is 5.11 Å². The fourth-order valence-corrected chi connectivity index (χ4v) is 4.47. The smallest absolute Gasteiger partial charge is 0.269 e. The van der Waals surface area contributed by atoms with Crippen LogP contribution in [0, 0.1) is 6.92 Å². The van der Waals surface area contributed by atoms with Crippen LogP contribution < -0.4 is 21.5 Å². The quantitative estimate of drug-likeness (QED) is 0.255. The summed E-state index contributed by atoms with van der Waals surface area (Å²) in [5.41, 5.74) is 8.83. The second-order valence-electron chi connectivity index (χ2n) is 9.21. The minimum Gasteiger partial charge on any atom is -0.322 e. The third kappa shape index (κ3) is 7.22. The van der Waals surface area contributed by atoms with Crippen molar-refractivity contribution in [3.05, 3.63) is 99.0 Å². The first-order valence-corrected chi connectivity index (χ1v) is 12.3. The summed E-state index contributed by atoms with van der Waals surface area (Å²) < 4.78 is 0.827. The number of halogens is 1. The highest BCUT2D eigenvalue weighted by atomic mass is 79.9. The van der Waals surface area contributed by atoms with E-state index in [-0.39, 0.29) is 16.4 Å². The Balaban J connectivity index is 1.51. The monoisotopic (exact) mass is 566 g/mol. The van der Waals surface area contributed by atoms with Crippen molar-refractivity contribution in [1.82, 2.24) is 16.2 Å². The Morgan fingerprint density at radius 2 is 1.42 bits per heavy atom. The molecule has 7 nitrogen and oxygen atoms in total. The summed E-state index contributed by atoms with van der Waals surface area (Å²) in [7, 11) is 0. The molecule has 3 amide bonds. The molecule has 0 atom stereocenters. The van der Waals surface area contributed by atoms with Gasteiger partial charge in [0.25, 0.3) is 17.7 Å². The lowest BCUT2D eigenvalue weighted by Gasteiger charge is -2.21. The van der Waals surface area contributed by atoms with Crippen LogP contribution >= 0.6 is 28.1 Å². The minimum atomic E-state index is -0.458. The zero-order valence-corrected chi connectivity index (χ0v) is 22.8. The zero-order valence-electron chi connectivity index (χ0n) is 20.4. The van der Waals surface area contributed by atoms with Crippen molar-refractivity contribution in [3.63, 3.8) is 0 Å². The number of rotatable bonds is 4. The number of hydrogen-bond acceptors (Lipinski definition) is 4. The van der Waals surface area contributed by atoms with Crippen LogP contribution in [0.15, 0.2) is 71.2 Å². The Morgan fingerprint density at radius 1 is 0.778 bits per heavy atom. The number of benzene rings is 3. The van der Waals surface area contributed by atoms with Crippen LogP contribution in [0.5, 0.6) is 0 Å². The minimum absolute atomic E-state index is 0.0496. The van der Waals surface area contributed by atoms with Gasteiger partial charge in [0.1, 0.15) is 0 Å². The van der Waals surface area contributed by atoms with E-state index in [0.29, 0.717) is 22.4 Å². The average molecular weight is 568 g/mol. The van der Waals surface area contributed by atoms with E-state index in [1.54, 1.807) is 48.5 Å². The first kappa shape index (κ1) is 27.0. The third-order valence-electron chi connectivity index (χ3n) is 5.24. The molecule has 36 heavy (non-hydrogen) atoms.